The van der Waals surface area contributed by atoms with Crippen molar-refractivity contribution in [1.82, 2.24) is 0 Å². The van der Waals surface area contributed by atoms with Gasteiger partial charge in [0.25, 0.3) is 0 Å². The minimum absolute atomic E-state index is 0.351. The molecule has 0 unspecified atom stereocenters. The van der Waals surface area contributed by atoms with Crippen LogP contribution in [0.15, 0.2) is 30.5 Å². The van der Waals surface area contributed by atoms with E-state index in [2.05, 4.69) is 4.74 Å². The summed E-state index contributed by atoms with van der Waals surface area (Å²) in [6.45, 7) is 0. The van der Waals surface area contributed by atoms with Gasteiger partial charge in [0.05, 0.1) is 27.6 Å². The van der Waals surface area contributed by atoms with Crippen molar-refractivity contribution in [3.8, 4) is 5.75 Å². The van der Waals surface area contributed by atoms with Crippen LogP contribution in [0, 0.1) is 0 Å². The van der Waals surface area contributed by atoms with Gasteiger partial charge in [0.15, 0.2) is 0 Å². The van der Waals surface area contributed by atoms with Crippen LogP contribution < -0.4 is 4.74 Å². The quantitative estimate of drug-likeness (QED) is 0.443. The molecule has 0 heterocycles. The number of carbonyl (C=O) groups is 1. The Bertz CT molecular complexity index is 396. The van der Waals surface area contributed by atoms with Crippen LogP contribution in [0.5, 0.6) is 5.75 Å². The molecule has 1 aromatic rings. The van der Waals surface area contributed by atoms with Gasteiger partial charge in [-0.15, -0.1) is 0 Å². The summed E-state index contributed by atoms with van der Waals surface area (Å²) in [7, 11) is 4.37. The number of hydrogen-bond donors (Lipinski definition) is 0. The van der Waals surface area contributed by atoms with E-state index in [1.54, 1.807) is 31.4 Å². The normalized spacial score (nSPS) is 10.8. The van der Waals surface area contributed by atoms with E-state index in [4.69, 9.17) is 9.47 Å². The molecule has 0 fully saturated rings. The molecule has 0 aliphatic heterocycles. The highest BCUT2D eigenvalue weighted by atomic mass is 16.5. The van der Waals surface area contributed by atoms with Crippen LogP contribution >= 0.6 is 0 Å². The average molecular weight is 222 g/mol. The molecule has 0 atom stereocenters. The molecule has 4 heteroatoms. The van der Waals surface area contributed by atoms with Gasteiger partial charge >= 0.3 is 5.97 Å². The van der Waals surface area contributed by atoms with E-state index in [0.717, 1.165) is 0 Å². The lowest BCUT2D eigenvalue weighted by Gasteiger charge is -2.07. The number of carbonyl (C=O) groups excluding carboxylic acids is 1. The standard InChI is InChI=1S/C12H14O4/c1-14-8-11(12(13)16-3)9-5-4-6-10(7-9)15-2/h4-8H,1-3H3/b11-8+. The minimum atomic E-state index is -0.449. The first-order valence-corrected chi connectivity index (χ1v) is 4.68. The molecule has 0 aliphatic rings. The van der Waals surface area contributed by atoms with E-state index in [1.807, 2.05) is 0 Å². The van der Waals surface area contributed by atoms with Crippen LogP contribution in [0.3, 0.4) is 0 Å². The molecule has 0 radical (unpaired) electrons. The number of ether oxygens (including phenoxy) is 3. The summed E-state index contributed by atoms with van der Waals surface area (Å²) in [5, 5.41) is 0. The molecular weight excluding hydrogens is 208 g/mol. The Morgan fingerprint density at radius 2 is 2.00 bits per heavy atom. The Hall–Kier alpha value is -1.97. The summed E-state index contributed by atoms with van der Waals surface area (Å²) >= 11 is 0. The van der Waals surface area contributed by atoms with Gasteiger partial charge in [-0.3, -0.25) is 0 Å². The Morgan fingerprint density at radius 1 is 1.25 bits per heavy atom. The van der Waals surface area contributed by atoms with E-state index < -0.39 is 5.97 Å². The minimum Gasteiger partial charge on any atom is -0.503 e. The molecule has 0 bridgehead atoms. The molecule has 16 heavy (non-hydrogen) atoms. The summed E-state index contributed by atoms with van der Waals surface area (Å²) < 4.78 is 14.6. The van der Waals surface area contributed by atoms with Crippen molar-refractivity contribution in [3.63, 3.8) is 0 Å². The lowest BCUT2D eigenvalue weighted by atomic mass is 10.1. The van der Waals surface area contributed by atoms with Gasteiger partial charge in [0.2, 0.25) is 0 Å². The Kier molecular flexibility index (Phi) is 4.39. The van der Waals surface area contributed by atoms with Gasteiger partial charge in [-0.2, -0.15) is 0 Å². The zero-order chi connectivity index (χ0) is 12.0. The predicted molar refractivity (Wildman–Crippen MR) is 60.0 cm³/mol. The second-order valence-electron chi connectivity index (χ2n) is 2.99. The fraction of sp³-hybridized carbons (Fsp3) is 0.250. The Morgan fingerprint density at radius 3 is 2.56 bits per heavy atom. The largest absolute Gasteiger partial charge is 0.503 e. The Balaban J connectivity index is 3.11. The maximum atomic E-state index is 11.5. The summed E-state index contributed by atoms with van der Waals surface area (Å²) in [5.74, 6) is 0.221. The molecule has 4 nitrogen and oxygen atoms in total. The summed E-state index contributed by atoms with van der Waals surface area (Å²) in [6, 6.07) is 7.11. The third-order valence-corrected chi connectivity index (χ3v) is 2.02. The monoisotopic (exact) mass is 222 g/mol. The highest BCUT2D eigenvalue weighted by molar-refractivity contribution is 6.16. The number of hydrogen-bond acceptors (Lipinski definition) is 4. The van der Waals surface area contributed by atoms with Crippen molar-refractivity contribution in [2.45, 2.75) is 0 Å². The van der Waals surface area contributed by atoms with E-state index in [9.17, 15) is 4.79 Å². The first-order valence-electron chi connectivity index (χ1n) is 4.68. The highest BCUT2D eigenvalue weighted by Gasteiger charge is 2.13. The van der Waals surface area contributed by atoms with Crippen LogP contribution in [0.1, 0.15) is 5.56 Å². The molecular formula is C12H14O4. The van der Waals surface area contributed by atoms with Crippen molar-refractivity contribution < 1.29 is 19.0 Å². The van der Waals surface area contributed by atoms with Gasteiger partial charge < -0.3 is 14.2 Å². The summed E-state index contributed by atoms with van der Waals surface area (Å²) in [4.78, 5) is 11.5. The molecule has 0 saturated carbocycles. The van der Waals surface area contributed by atoms with Crippen LogP contribution in [0.25, 0.3) is 5.57 Å². The SMILES string of the molecule is CO/C=C(/C(=O)OC)c1cccc(OC)c1. The topological polar surface area (TPSA) is 44.8 Å². The molecule has 0 spiro atoms. The maximum absolute atomic E-state index is 11.5. The third kappa shape index (κ3) is 2.76. The fourth-order valence-corrected chi connectivity index (χ4v) is 1.25. The molecule has 0 aliphatic carbocycles. The van der Waals surface area contributed by atoms with Crippen LogP contribution in [0.2, 0.25) is 0 Å². The molecule has 0 amide bonds. The number of benzene rings is 1. The smallest absolute Gasteiger partial charge is 0.341 e. The zero-order valence-corrected chi connectivity index (χ0v) is 9.52. The van der Waals surface area contributed by atoms with Crippen LogP contribution in [0.4, 0.5) is 0 Å². The lowest BCUT2D eigenvalue weighted by Crippen LogP contribution is -2.04. The first-order chi connectivity index (χ1) is 7.72. The Labute approximate surface area is 94.4 Å². The number of esters is 1. The highest BCUT2D eigenvalue weighted by Crippen LogP contribution is 2.21. The van der Waals surface area contributed by atoms with E-state index in [-0.39, 0.29) is 0 Å². The predicted octanol–water partition coefficient (Wildman–Crippen LogP) is 1.86. The van der Waals surface area contributed by atoms with E-state index in [1.165, 1.54) is 20.5 Å². The summed E-state index contributed by atoms with van der Waals surface area (Å²) in [5.41, 5.74) is 1.04. The first kappa shape index (κ1) is 12.1. The van der Waals surface area contributed by atoms with Crippen molar-refractivity contribution in [3.05, 3.63) is 36.1 Å². The fourth-order valence-electron chi connectivity index (χ4n) is 1.25. The van der Waals surface area contributed by atoms with Gasteiger partial charge in [-0.25, -0.2) is 4.79 Å². The van der Waals surface area contributed by atoms with Crippen molar-refractivity contribution >= 4 is 11.5 Å². The van der Waals surface area contributed by atoms with Crippen molar-refractivity contribution in [1.29, 1.82) is 0 Å². The summed E-state index contributed by atoms with van der Waals surface area (Å²) in [6.07, 6.45) is 1.35. The second-order valence-corrected chi connectivity index (χ2v) is 2.99. The average Bonchev–Trinajstić information content (AvgIpc) is 2.35. The number of methoxy groups -OCH3 is 3. The van der Waals surface area contributed by atoms with Gasteiger partial charge in [-0.1, -0.05) is 12.1 Å². The number of rotatable bonds is 4. The van der Waals surface area contributed by atoms with E-state index >= 15 is 0 Å². The van der Waals surface area contributed by atoms with Crippen LogP contribution in [-0.4, -0.2) is 27.3 Å². The van der Waals surface area contributed by atoms with E-state index in [0.29, 0.717) is 16.9 Å². The van der Waals surface area contributed by atoms with Crippen LogP contribution in [-0.2, 0) is 14.3 Å². The molecule has 0 aromatic heterocycles. The third-order valence-electron chi connectivity index (χ3n) is 2.02. The molecule has 1 rings (SSSR count). The van der Waals surface area contributed by atoms with Crippen molar-refractivity contribution in [2.75, 3.05) is 21.3 Å². The van der Waals surface area contributed by atoms with Gasteiger partial charge in [-0.05, 0) is 17.7 Å². The van der Waals surface area contributed by atoms with Gasteiger partial charge in [0.1, 0.15) is 11.3 Å². The molecule has 86 valence electrons. The zero-order valence-electron chi connectivity index (χ0n) is 9.52. The molecule has 0 N–H and O–H groups in total. The molecule has 0 saturated heterocycles. The lowest BCUT2D eigenvalue weighted by molar-refractivity contribution is -0.133. The van der Waals surface area contributed by atoms with Gasteiger partial charge in [0, 0.05) is 0 Å². The maximum Gasteiger partial charge on any atom is 0.341 e. The van der Waals surface area contributed by atoms with Crippen molar-refractivity contribution in [2.24, 2.45) is 0 Å². The molecule has 1 aromatic carbocycles. The second kappa shape index (κ2) is 5.80.